The highest BCUT2D eigenvalue weighted by atomic mass is 16.5. The largest absolute Gasteiger partial charge is 0.481 e. The van der Waals surface area contributed by atoms with Gasteiger partial charge in [0.25, 0.3) is 0 Å². The van der Waals surface area contributed by atoms with Gasteiger partial charge in [0.1, 0.15) is 6.10 Å². The minimum absolute atomic E-state index is 0.135. The van der Waals surface area contributed by atoms with Crippen LogP contribution in [0.5, 0.6) is 0 Å². The van der Waals surface area contributed by atoms with Gasteiger partial charge in [0, 0.05) is 50.7 Å². The maximum Gasteiger partial charge on any atom is 0.309 e. The summed E-state index contributed by atoms with van der Waals surface area (Å²) in [7, 11) is 0. The third-order valence-electron chi connectivity index (χ3n) is 21.9. The highest BCUT2D eigenvalue weighted by Crippen LogP contribution is 2.79. The number of fused-ring (bicyclic) bond motifs is 7. The first-order chi connectivity index (χ1) is 27.3. The summed E-state index contributed by atoms with van der Waals surface area (Å²) in [5.41, 5.74) is 0.102. The number of carboxylic acid groups (broad SMARTS) is 1. The SMILES string of the molecule is CCN1CCN(C[C@@H]2CCCN2C(=O)[C@]23CC[C@@H](C4(C)CC4)[C@@H]2[C@H]2CC[C@@H]4[C@@]5(C)CCC(OC(=O)[C@H]6C[C@@H](C(=O)O)C6(C)C)C(C)(C)[C@@H]5CC[C@@]4(C)[C@]2(C)CC3)CC1. The third-order valence-corrected chi connectivity index (χ3v) is 21.9. The highest BCUT2D eigenvalue weighted by molar-refractivity contribution is 5.84. The molecule has 8 heteroatoms. The van der Waals surface area contributed by atoms with E-state index in [1.165, 1.54) is 57.8 Å². The molecule has 0 aromatic rings. The normalized spacial score (nSPS) is 47.8. The van der Waals surface area contributed by atoms with Crippen LogP contribution >= 0.6 is 0 Å². The minimum Gasteiger partial charge on any atom is -0.481 e. The molecule has 0 bridgehead atoms. The standard InChI is InChI=1S/C50H81N3O5/c1-10-51-26-28-52(29-27-51)31-32-12-11-25-53(32)43(57)50-20-15-33(46(6)21-22-46)40(50)34-13-14-38-47(7)18-17-39(58-42(56)36-30-35(41(54)55)44(36,2)3)45(4,5)37(47)16-19-49(38,9)48(34,8)23-24-50/h32-40H,10-31H2,1-9H3,(H,54,55)/t32-,33+,34+,35-,36+,37-,38+,39?,40+,47-,48+,49+,50-/m0/s1. The molecule has 9 fully saturated rings. The molecule has 0 radical (unpaired) electrons. The van der Waals surface area contributed by atoms with Crippen molar-refractivity contribution in [1.29, 1.82) is 0 Å². The molecule has 326 valence electrons. The quantitative estimate of drug-likeness (QED) is 0.245. The van der Waals surface area contributed by atoms with Crippen molar-refractivity contribution in [3.05, 3.63) is 0 Å². The van der Waals surface area contributed by atoms with Gasteiger partial charge in [-0.3, -0.25) is 19.3 Å². The highest BCUT2D eigenvalue weighted by Gasteiger charge is 2.74. The van der Waals surface area contributed by atoms with Gasteiger partial charge in [-0.05, 0) is 160 Å². The summed E-state index contributed by atoms with van der Waals surface area (Å²) in [4.78, 5) is 48.8. The van der Waals surface area contributed by atoms with E-state index in [2.05, 4.69) is 63.2 Å². The Balaban J connectivity index is 0.953. The van der Waals surface area contributed by atoms with E-state index in [9.17, 15) is 14.7 Å². The van der Waals surface area contributed by atoms with Crippen LogP contribution in [0, 0.1) is 79.3 Å². The molecule has 13 atom stereocenters. The second kappa shape index (κ2) is 13.9. The van der Waals surface area contributed by atoms with E-state index < -0.39 is 17.3 Å². The predicted octanol–water partition coefficient (Wildman–Crippen LogP) is 9.16. The summed E-state index contributed by atoms with van der Waals surface area (Å²) in [5, 5.41) is 9.72. The molecule has 8 nitrogen and oxygen atoms in total. The van der Waals surface area contributed by atoms with E-state index in [0.29, 0.717) is 53.4 Å². The average Bonchev–Trinajstić information content (AvgIpc) is 3.54. The number of likely N-dealkylation sites (tertiary alicyclic amines) is 1. The van der Waals surface area contributed by atoms with Crippen LogP contribution in [-0.4, -0.2) is 95.6 Å². The molecule has 2 aliphatic heterocycles. The van der Waals surface area contributed by atoms with Gasteiger partial charge in [-0.1, -0.05) is 62.3 Å². The lowest BCUT2D eigenvalue weighted by molar-refractivity contribution is -0.253. The van der Waals surface area contributed by atoms with Crippen molar-refractivity contribution >= 4 is 17.8 Å². The molecule has 1 N–H and O–H groups in total. The van der Waals surface area contributed by atoms with Crippen LogP contribution in [0.4, 0.5) is 0 Å². The molecular weight excluding hydrogens is 723 g/mol. The molecule has 9 aliphatic rings. The predicted molar refractivity (Wildman–Crippen MR) is 228 cm³/mol. The Morgan fingerprint density at radius 2 is 1.36 bits per heavy atom. The van der Waals surface area contributed by atoms with Crippen LogP contribution in [0.15, 0.2) is 0 Å². The van der Waals surface area contributed by atoms with Crippen LogP contribution < -0.4 is 0 Å². The molecule has 58 heavy (non-hydrogen) atoms. The van der Waals surface area contributed by atoms with Crippen LogP contribution in [0.3, 0.4) is 0 Å². The number of nitrogens with zero attached hydrogens (tertiary/aromatic N) is 3. The van der Waals surface area contributed by atoms with Crippen molar-refractivity contribution in [2.45, 2.75) is 171 Å². The summed E-state index contributed by atoms with van der Waals surface area (Å²) in [5.74, 6) is 1.64. The lowest BCUT2D eigenvalue weighted by atomic mass is 9.32. The first-order valence-corrected chi connectivity index (χ1v) is 24.5. The molecule has 1 unspecified atom stereocenters. The van der Waals surface area contributed by atoms with Crippen LogP contribution in [0.1, 0.15) is 159 Å². The Labute approximate surface area is 351 Å². The van der Waals surface area contributed by atoms with Gasteiger partial charge in [-0.25, -0.2) is 0 Å². The molecule has 0 spiro atoms. The zero-order valence-electron chi connectivity index (χ0n) is 38.2. The average molecular weight is 804 g/mol. The van der Waals surface area contributed by atoms with Crippen LogP contribution in [0.25, 0.3) is 0 Å². The molecule has 7 saturated carbocycles. The van der Waals surface area contributed by atoms with Crippen molar-refractivity contribution in [2.75, 3.05) is 45.8 Å². The molecule has 1 amide bonds. The van der Waals surface area contributed by atoms with Crippen molar-refractivity contribution in [3.63, 3.8) is 0 Å². The smallest absolute Gasteiger partial charge is 0.309 e. The van der Waals surface area contributed by atoms with Gasteiger partial charge in [0.15, 0.2) is 0 Å². The van der Waals surface area contributed by atoms with E-state index in [4.69, 9.17) is 4.74 Å². The number of carboxylic acids is 1. The number of piperazine rings is 1. The number of ether oxygens (including phenoxy) is 1. The number of amides is 1. The van der Waals surface area contributed by atoms with E-state index in [1.807, 2.05) is 13.8 Å². The molecule has 9 rings (SSSR count). The molecule has 2 heterocycles. The number of aliphatic carboxylic acids is 1. The molecular formula is C50H81N3O5. The van der Waals surface area contributed by atoms with E-state index in [1.54, 1.807) is 0 Å². The zero-order chi connectivity index (χ0) is 41.4. The fourth-order valence-electron chi connectivity index (χ4n) is 17.6. The fraction of sp³-hybridized carbons (Fsp3) is 0.940. The zero-order valence-corrected chi connectivity index (χ0v) is 38.2. The second-order valence-electron chi connectivity index (χ2n) is 24.5. The Hall–Kier alpha value is -1.67. The lowest BCUT2D eigenvalue weighted by Crippen LogP contribution is -2.68. The number of likely N-dealkylation sites (N-methyl/N-ethyl adjacent to an activating group) is 1. The molecule has 7 aliphatic carbocycles. The first kappa shape index (κ1) is 41.7. The lowest BCUT2D eigenvalue weighted by Gasteiger charge is -2.73. The number of carbonyl (C=O) groups is 3. The number of rotatable bonds is 8. The Morgan fingerprint density at radius 3 is 2.02 bits per heavy atom. The first-order valence-electron chi connectivity index (χ1n) is 24.5. The maximum absolute atomic E-state index is 15.6. The number of hydrogen-bond acceptors (Lipinski definition) is 6. The second-order valence-corrected chi connectivity index (χ2v) is 24.5. The fourth-order valence-corrected chi connectivity index (χ4v) is 17.6. The van der Waals surface area contributed by atoms with Crippen LogP contribution in [-0.2, 0) is 19.1 Å². The van der Waals surface area contributed by atoms with Gasteiger partial charge in [-0.15, -0.1) is 0 Å². The molecule has 2 saturated heterocycles. The minimum atomic E-state index is -0.802. The van der Waals surface area contributed by atoms with Gasteiger partial charge < -0.3 is 19.6 Å². The Bertz CT molecular complexity index is 1650. The molecule has 0 aromatic carbocycles. The number of hydrogen-bond donors (Lipinski definition) is 1. The third kappa shape index (κ3) is 5.86. The Kier molecular flexibility index (Phi) is 10.00. The summed E-state index contributed by atoms with van der Waals surface area (Å²) in [6.07, 6.45) is 16.8. The van der Waals surface area contributed by atoms with E-state index in [0.717, 1.165) is 77.9 Å². The maximum atomic E-state index is 15.6. The number of carbonyl (C=O) groups excluding carboxylic acids is 2. The summed E-state index contributed by atoms with van der Waals surface area (Å²) in [6, 6.07) is 0.377. The van der Waals surface area contributed by atoms with Crippen LogP contribution in [0.2, 0.25) is 0 Å². The topological polar surface area (TPSA) is 90.4 Å². The van der Waals surface area contributed by atoms with Crippen molar-refractivity contribution < 1.29 is 24.2 Å². The molecule has 0 aromatic heterocycles. The van der Waals surface area contributed by atoms with Crippen molar-refractivity contribution in [2.24, 2.45) is 79.3 Å². The van der Waals surface area contributed by atoms with Gasteiger partial charge >= 0.3 is 11.9 Å². The van der Waals surface area contributed by atoms with Crippen molar-refractivity contribution in [1.82, 2.24) is 14.7 Å². The van der Waals surface area contributed by atoms with Crippen molar-refractivity contribution in [3.8, 4) is 0 Å². The summed E-state index contributed by atoms with van der Waals surface area (Å²) >= 11 is 0. The van der Waals surface area contributed by atoms with E-state index >= 15 is 4.79 Å². The Morgan fingerprint density at radius 1 is 0.655 bits per heavy atom. The summed E-state index contributed by atoms with van der Waals surface area (Å²) < 4.78 is 6.49. The van der Waals surface area contributed by atoms with Gasteiger partial charge in [0.05, 0.1) is 17.3 Å². The monoisotopic (exact) mass is 804 g/mol. The van der Waals surface area contributed by atoms with E-state index in [-0.39, 0.29) is 45.1 Å². The van der Waals surface area contributed by atoms with Gasteiger partial charge in [-0.2, -0.15) is 0 Å². The summed E-state index contributed by atoms with van der Waals surface area (Å²) in [6.45, 7) is 29.3. The van der Waals surface area contributed by atoms with Gasteiger partial charge in [0.2, 0.25) is 5.91 Å². The number of esters is 1.